The maximum Gasteiger partial charge on any atom is 0.143 e. The molecule has 1 saturated heterocycles. The molecule has 4 heteroatoms. The standard InChI is InChI=1S/C16H16N2S2/c1-2-9-17-11-18(16(19)20-12-17)15-8-7-13-5-3-4-6-14(13)10-15/h2-8,10H,1,9,11-12H2. The molecule has 2 aromatic rings. The highest BCUT2D eigenvalue weighted by atomic mass is 32.2. The lowest BCUT2D eigenvalue weighted by Gasteiger charge is -2.36. The van der Waals surface area contributed by atoms with E-state index in [1.165, 1.54) is 10.8 Å². The Morgan fingerprint density at radius 1 is 1.20 bits per heavy atom. The third-order valence-corrected chi connectivity index (χ3v) is 4.90. The van der Waals surface area contributed by atoms with Crippen molar-refractivity contribution >= 4 is 44.8 Å². The van der Waals surface area contributed by atoms with Gasteiger partial charge in [0, 0.05) is 12.2 Å². The van der Waals surface area contributed by atoms with Crippen molar-refractivity contribution in [1.82, 2.24) is 4.90 Å². The zero-order valence-electron chi connectivity index (χ0n) is 11.2. The highest BCUT2D eigenvalue weighted by molar-refractivity contribution is 8.23. The minimum atomic E-state index is 0.830. The van der Waals surface area contributed by atoms with Crippen LogP contribution in [-0.2, 0) is 0 Å². The van der Waals surface area contributed by atoms with E-state index in [4.69, 9.17) is 12.2 Å². The van der Waals surface area contributed by atoms with Gasteiger partial charge in [0.2, 0.25) is 0 Å². The Morgan fingerprint density at radius 3 is 2.80 bits per heavy atom. The summed E-state index contributed by atoms with van der Waals surface area (Å²) in [6, 6.07) is 14.9. The fraction of sp³-hybridized carbons (Fsp3) is 0.188. The highest BCUT2D eigenvalue weighted by Crippen LogP contribution is 2.28. The maximum atomic E-state index is 5.51. The van der Waals surface area contributed by atoms with E-state index in [2.05, 4.69) is 58.8 Å². The van der Waals surface area contributed by atoms with E-state index in [9.17, 15) is 0 Å². The van der Waals surface area contributed by atoms with Crippen LogP contribution in [0.2, 0.25) is 0 Å². The molecule has 2 nitrogen and oxygen atoms in total. The molecule has 102 valence electrons. The van der Waals surface area contributed by atoms with Crippen molar-refractivity contribution in [3.8, 4) is 0 Å². The molecule has 0 atom stereocenters. The lowest BCUT2D eigenvalue weighted by Crippen LogP contribution is -2.44. The van der Waals surface area contributed by atoms with Gasteiger partial charge in [0.1, 0.15) is 4.32 Å². The number of rotatable bonds is 3. The molecule has 0 amide bonds. The quantitative estimate of drug-likeness (QED) is 0.622. The number of fused-ring (bicyclic) bond motifs is 1. The Hall–Kier alpha value is -1.36. The van der Waals surface area contributed by atoms with Gasteiger partial charge in [-0.1, -0.05) is 60.4 Å². The molecule has 0 bridgehead atoms. The van der Waals surface area contributed by atoms with Gasteiger partial charge in [0.15, 0.2) is 0 Å². The molecule has 1 heterocycles. The van der Waals surface area contributed by atoms with Crippen LogP contribution >= 0.6 is 24.0 Å². The SMILES string of the molecule is C=CCN1CSC(=S)N(c2ccc3ccccc3c2)C1. The molecule has 0 radical (unpaired) electrons. The third-order valence-electron chi connectivity index (χ3n) is 3.36. The lowest BCUT2D eigenvalue weighted by atomic mass is 10.1. The number of anilines is 1. The van der Waals surface area contributed by atoms with Crippen molar-refractivity contribution in [3.63, 3.8) is 0 Å². The number of thioether (sulfide) groups is 1. The van der Waals surface area contributed by atoms with E-state index in [-0.39, 0.29) is 0 Å². The molecule has 0 spiro atoms. The Kier molecular flexibility index (Phi) is 4.05. The van der Waals surface area contributed by atoms with Crippen LogP contribution in [-0.4, -0.2) is 28.3 Å². The van der Waals surface area contributed by atoms with Crippen molar-refractivity contribution in [2.75, 3.05) is 24.0 Å². The van der Waals surface area contributed by atoms with E-state index in [1.807, 2.05) is 6.08 Å². The summed E-state index contributed by atoms with van der Waals surface area (Å²) in [7, 11) is 0. The van der Waals surface area contributed by atoms with Crippen LogP contribution < -0.4 is 4.90 Å². The third kappa shape index (κ3) is 2.73. The van der Waals surface area contributed by atoms with Gasteiger partial charge >= 0.3 is 0 Å². The van der Waals surface area contributed by atoms with Gasteiger partial charge in [-0.3, -0.25) is 4.90 Å². The molecule has 0 saturated carbocycles. The van der Waals surface area contributed by atoms with Crippen LogP contribution in [0.25, 0.3) is 10.8 Å². The molecular formula is C16H16N2S2. The Morgan fingerprint density at radius 2 is 2.00 bits per heavy atom. The molecule has 1 aliphatic rings. The van der Waals surface area contributed by atoms with Gasteiger partial charge in [-0.05, 0) is 22.9 Å². The Balaban J connectivity index is 1.91. The van der Waals surface area contributed by atoms with Gasteiger partial charge in [-0.25, -0.2) is 0 Å². The van der Waals surface area contributed by atoms with Gasteiger partial charge < -0.3 is 4.90 Å². The summed E-state index contributed by atoms with van der Waals surface area (Å²) in [6.07, 6.45) is 1.94. The Labute approximate surface area is 129 Å². The van der Waals surface area contributed by atoms with Gasteiger partial charge in [0.25, 0.3) is 0 Å². The van der Waals surface area contributed by atoms with E-state index < -0.39 is 0 Å². The summed E-state index contributed by atoms with van der Waals surface area (Å²) >= 11 is 7.22. The average Bonchev–Trinajstić information content (AvgIpc) is 2.49. The largest absolute Gasteiger partial charge is 0.314 e. The first-order valence-corrected chi connectivity index (χ1v) is 7.93. The fourth-order valence-electron chi connectivity index (χ4n) is 2.35. The summed E-state index contributed by atoms with van der Waals surface area (Å²) in [4.78, 5) is 4.52. The first-order valence-electron chi connectivity index (χ1n) is 6.54. The van der Waals surface area contributed by atoms with Crippen molar-refractivity contribution in [2.24, 2.45) is 0 Å². The van der Waals surface area contributed by atoms with Crippen LogP contribution in [0.5, 0.6) is 0 Å². The van der Waals surface area contributed by atoms with Crippen LogP contribution in [0.15, 0.2) is 55.1 Å². The number of hydrogen-bond acceptors (Lipinski definition) is 3. The molecular weight excluding hydrogens is 284 g/mol. The summed E-state index contributed by atoms with van der Waals surface area (Å²) in [6.45, 7) is 5.53. The molecule has 0 unspecified atom stereocenters. The van der Waals surface area contributed by atoms with Crippen molar-refractivity contribution in [3.05, 3.63) is 55.1 Å². The summed E-state index contributed by atoms with van der Waals surface area (Å²) in [5.74, 6) is 0.939. The number of benzene rings is 2. The molecule has 2 aromatic carbocycles. The monoisotopic (exact) mass is 300 g/mol. The molecule has 1 fully saturated rings. The summed E-state index contributed by atoms with van der Waals surface area (Å²) in [5.41, 5.74) is 1.16. The fourth-order valence-corrected chi connectivity index (χ4v) is 3.47. The normalized spacial score (nSPS) is 16.6. The highest BCUT2D eigenvalue weighted by Gasteiger charge is 2.22. The zero-order valence-corrected chi connectivity index (χ0v) is 12.8. The predicted octanol–water partition coefficient (Wildman–Crippen LogP) is 4.08. The predicted molar refractivity (Wildman–Crippen MR) is 93.3 cm³/mol. The topological polar surface area (TPSA) is 6.48 Å². The lowest BCUT2D eigenvalue weighted by molar-refractivity contribution is 0.365. The minimum absolute atomic E-state index is 0.830. The minimum Gasteiger partial charge on any atom is -0.314 e. The summed E-state index contributed by atoms with van der Waals surface area (Å²) in [5, 5.41) is 2.51. The maximum absolute atomic E-state index is 5.51. The van der Waals surface area contributed by atoms with Crippen molar-refractivity contribution < 1.29 is 0 Å². The van der Waals surface area contributed by atoms with Crippen molar-refractivity contribution in [2.45, 2.75) is 0 Å². The van der Waals surface area contributed by atoms with Gasteiger partial charge in [-0.2, -0.15) is 0 Å². The molecule has 0 aliphatic carbocycles. The van der Waals surface area contributed by atoms with Crippen LogP contribution in [0.4, 0.5) is 5.69 Å². The average molecular weight is 300 g/mol. The van der Waals surface area contributed by atoms with Crippen LogP contribution in [0, 0.1) is 0 Å². The second-order valence-electron chi connectivity index (χ2n) is 4.78. The number of thiocarbonyl (C=S) groups is 1. The molecule has 1 aliphatic heterocycles. The van der Waals surface area contributed by atoms with Gasteiger partial charge in [-0.15, -0.1) is 6.58 Å². The van der Waals surface area contributed by atoms with E-state index in [1.54, 1.807) is 11.8 Å². The summed E-state index contributed by atoms with van der Waals surface area (Å²) < 4.78 is 0.945. The van der Waals surface area contributed by atoms with Crippen LogP contribution in [0.1, 0.15) is 0 Å². The van der Waals surface area contributed by atoms with E-state index in [0.29, 0.717) is 0 Å². The number of nitrogens with zero attached hydrogens (tertiary/aromatic N) is 2. The van der Waals surface area contributed by atoms with Crippen LogP contribution in [0.3, 0.4) is 0 Å². The molecule has 3 rings (SSSR count). The zero-order chi connectivity index (χ0) is 13.9. The van der Waals surface area contributed by atoms with Gasteiger partial charge in [0.05, 0.1) is 12.5 Å². The molecule has 0 aromatic heterocycles. The Bertz CT molecular complexity index is 654. The smallest absolute Gasteiger partial charge is 0.143 e. The first-order chi connectivity index (χ1) is 9.78. The molecule has 0 N–H and O–H groups in total. The van der Waals surface area contributed by atoms with E-state index >= 15 is 0 Å². The second-order valence-corrected chi connectivity index (χ2v) is 6.36. The first kappa shape index (κ1) is 13.6. The second kappa shape index (κ2) is 5.95. The number of hydrogen-bond donors (Lipinski definition) is 0. The van der Waals surface area contributed by atoms with E-state index in [0.717, 1.165) is 29.1 Å². The molecule has 20 heavy (non-hydrogen) atoms. The van der Waals surface area contributed by atoms with Crippen molar-refractivity contribution in [1.29, 1.82) is 0 Å².